The highest BCUT2D eigenvalue weighted by Crippen LogP contribution is 2.23. The first-order valence-corrected chi connectivity index (χ1v) is 8.04. The van der Waals surface area contributed by atoms with E-state index in [1.54, 1.807) is 0 Å². The Bertz CT molecular complexity index is 436. The number of hydrogen-bond donors (Lipinski definition) is 0. The zero-order chi connectivity index (χ0) is 15.2. The molecular formula is C18H27NO2. The molecular weight excluding hydrogens is 262 g/mol. The van der Waals surface area contributed by atoms with Crippen molar-refractivity contribution in [2.24, 2.45) is 5.92 Å². The summed E-state index contributed by atoms with van der Waals surface area (Å²) in [6.45, 7) is 7.67. The molecule has 0 amide bonds. The van der Waals surface area contributed by atoms with E-state index in [1.807, 2.05) is 37.3 Å². The van der Waals surface area contributed by atoms with E-state index < -0.39 is 0 Å². The minimum Gasteiger partial charge on any atom is -0.461 e. The van der Waals surface area contributed by atoms with Crippen molar-refractivity contribution in [3.8, 4) is 0 Å². The van der Waals surface area contributed by atoms with Gasteiger partial charge in [0, 0.05) is 18.6 Å². The summed E-state index contributed by atoms with van der Waals surface area (Å²) in [5.41, 5.74) is 1.04. The van der Waals surface area contributed by atoms with Gasteiger partial charge in [0.2, 0.25) is 0 Å². The Labute approximate surface area is 128 Å². The summed E-state index contributed by atoms with van der Waals surface area (Å²) in [4.78, 5) is 14.6. The summed E-state index contributed by atoms with van der Waals surface area (Å²) in [5.74, 6) is -0.166. The smallest absolute Gasteiger partial charge is 0.310 e. The fourth-order valence-electron chi connectivity index (χ4n) is 3.10. The SMILES string of the molecule is CC(CN1C(C)CCCC1C)C(=O)OCc1ccccc1. The molecule has 3 heteroatoms. The van der Waals surface area contributed by atoms with Crippen molar-refractivity contribution in [1.29, 1.82) is 0 Å². The summed E-state index contributed by atoms with van der Waals surface area (Å²) in [7, 11) is 0. The van der Waals surface area contributed by atoms with E-state index in [0.717, 1.165) is 12.1 Å². The average molecular weight is 289 g/mol. The molecule has 116 valence electrons. The molecule has 1 saturated heterocycles. The van der Waals surface area contributed by atoms with Crippen LogP contribution in [0.15, 0.2) is 30.3 Å². The van der Waals surface area contributed by atoms with Crippen molar-refractivity contribution < 1.29 is 9.53 Å². The minimum atomic E-state index is -0.0937. The van der Waals surface area contributed by atoms with Crippen LogP contribution in [0.3, 0.4) is 0 Å². The fraction of sp³-hybridized carbons (Fsp3) is 0.611. The number of benzene rings is 1. The van der Waals surface area contributed by atoms with Crippen LogP contribution in [0, 0.1) is 5.92 Å². The van der Waals surface area contributed by atoms with Crippen LogP contribution in [0.5, 0.6) is 0 Å². The van der Waals surface area contributed by atoms with Crippen LogP contribution >= 0.6 is 0 Å². The van der Waals surface area contributed by atoms with Crippen molar-refractivity contribution >= 4 is 5.97 Å². The quantitative estimate of drug-likeness (QED) is 0.775. The minimum absolute atomic E-state index is 0.0725. The molecule has 1 aromatic carbocycles. The van der Waals surface area contributed by atoms with Crippen LogP contribution in [0.4, 0.5) is 0 Å². The van der Waals surface area contributed by atoms with E-state index in [2.05, 4.69) is 18.7 Å². The number of esters is 1. The maximum atomic E-state index is 12.2. The molecule has 0 aliphatic carbocycles. The van der Waals surface area contributed by atoms with E-state index in [0.29, 0.717) is 18.7 Å². The monoisotopic (exact) mass is 289 g/mol. The molecule has 1 fully saturated rings. The molecule has 0 aromatic heterocycles. The van der Waals surface area contributed by atoms with Gasteiger partial charge in [-0.05, 0) is 32.3 Å². The Morgan fingerprint density at radius 1 is 1.24 bits per heavy atom. The lowest BCUT2D eigenvalue weighted by molar-refractivity contribution is -0.150. The van der Waals surface area contributed by atoms with Gasteiger partial charge in [-0.15, -0.1) is 0 Å². The molecule has 2 rings (SSSR count). The van der Waals surface area contributed by atoms with Gasteiger partial charge in [-0.2, -0.15) is 0 Å². The topological polar surface area (TPSA) is 29.5 Å². The van der Waals surface area contributed by atoms with E-state index in [-0.39, 0.29) is 11.9 Å². The lowest BCUT2D eigenvalue weighted by Gasteiger charge is -2.40. The van der Waals surface area contributed by atoms with Gasteiger partial charge in [0.1, 0.15) is 6.61 Å². The fourth-order valence-corrected chi connectivity index (χ4v) is 3.10. The first-order valence-electron chi connectivity index (χ1n) is 8.04. The van der Waals surface area contributed by atoms with Gasteiger partial charge in [-0.25, -0.2) is 0 Å². The van der Waals surface area contributed by atoms with Gasteiger partial charge < -0.3 is 4.74 Å². The van der Waals surface area contributed by atoms with Gasteiger partial charge in [0.15, 0.2) is 0 Å². The van der Waals surface area contributed by atoms with Crippen LogP contribution in [-0.4, -0.2) is 29.5 Å². The molecule has 1 heterocycles. The summed E-state index contributed by atoms with van der Waals surface area (Å²) >= 11 is 0. The number of carbonyl (C=O) groups is 1. The zero-order valence-corrected chi connectivity index (χ0v) is 13.4. The van der Waals surface area contributed by atoms with Crippen LogP contribution < -0.4 is 0 Å². The number of likely N-dealkylation sites (tertiary alicyclic amines) is 1. The second-order valence-electron chi connectivity index (χ2n) is 6.32. The molecule has 1 aromatic rings. The summed E-state index contributed by atoms with van der Waals surface area (Å²) in [6.07, 6.45) is 3.76. The highest BCUT2D eigenvalue weighted by Gasteiger charge is 2.28. The molecule has 0 bridgehead atoms. The van der Waals surface area contributed by atoms with E-state index in [4.69, 9.17) is 4.74 Å². The summed E-state index contributed by atoms with van der Waals surface area (Å²) in [6, 6.07) is 11.0. The van der Waals surface area contributed by atoms with Crippen LogP contribution in [0.25, 0.3) is 0 Å². The van der Waals surface area contributed by atoms with Gasteiger partial charge in [0.05, 0.1) is 5.92 Å². The predicted octanol–water partition coefficient (Wildman–Crippen LogP) is 3.63. The number of ether oxygens (including phenoxy) is 1. The molecule has 0 radical (unpaired) electrons. The molecule has 21 heavy (non-hydrogen) atoms. The molecule has 1 aliphatic heterocycles. The largest absolute Gasteiger partial charge is 0.461 e. The van der Waals surface area contributed by atoms with Crippen molar-refractivity contribution in [2.45, 2.75) is 58.7 Å². The Morgan fingerprint density at radius 2 is 1.86 bits per heavy atom. The molecule has 3 atom stereocenters. The second-order valence-corrected chi connectivity index (χ2v) is 6.32. The average Bonchev–Trinajstić information content (AvgIpc) is 2.49. The predicted molar refractivity (Wildman–Crippen MR) is 84.9 cm³/mol. The van der Waals surface area contributed by atoms with Crippen molar-refractivity contribution in [2.75, 3.05) is 6.54 Å². The number of piperidine rings is 1. The van der Waals surface area contributed by atoms with E-state index in [1.165, 1.54) is 19.3 Å². The maximum absolute atomic E-state index is 12.2. The van der Waals surface area contributed by atoms with Crippen molar-refractivity contribution in [1.82, 2.24) is 4.90 Å². The number of rotatable bonds is 5. The summed E-state index contributed by atoms with van der Waals surface area (Å²) < 4.78 is 5.44. The zero-order valence-electron chi connectivity index (χ0n) is 13.4. The standard InChI is InChI=1S/C18H27NO2/c1-14(12-19-15(2)8-7-9-16(19)3)18(20)21-13-17-10-5-4-6-11-17/h4-6,10-11,14-16H,7-9,12-13H2,1-3H3. The highest BCUT2D eigenvalue weighted by atomic mass is 16.5. The highest BCUT2D eigenvalue weighted by molar-refractivity contribution is 5.72. The third kappa shape index (κ3) is 4.57. The second kappa shape index (κ2) is 7.60. The van der Waals surface area contributed by atoms with Crippen molar-refractivity contribution in [3.05, 3.63) is 35.9 Å². The Hall–Kier alpha value is -1.35. The van der Waals surface area contributed by atoms with Gasteiger partial charge >= 0.3 is 5.97 Å². The van der Waals surface area contributed by atoms with Crippen molar-refractivity contribution in [3.63, 3.8) is 0 Å². The molecule has 0 spiro atoms. The van der Waals surface area contributed by atoms with Crippen LogP contribution in [0.1, 0.15) is 45.6 Å². The van der Waals surface area contributed by atoms with E-state index in [9.17, 15) is 4.79 Å². The van der Waals surface area contributed by atoms with Crippen LogP contribution in [0.2, 0.25) is 0 Å². The van der Waals surface area contributed by atoms with Crippen LogP contribution in [-0.2, 0) is 16.1 Å². The molecule has 3 nitrogen and oxygen atoms in total. The maximum Gasteiger partial charge on any atom is 0.310 e. The Balaban J connectivity index is 1.82. The number of nitrogens with zero attached hydrogens (tertiary/aromatic N) is 1. The first-order chi connectivity index (χ1) is 10.1. The van der Waals surface area contributed by atoms with Gasteiger partial charge in [0.25, 0.3) is 0 Å². The van der Waals surface area contributed by atoms with Gasteiger partial charge in [-0.3, -0.25) is 9.69 Å². The first kappa shape index (κ1) is 16.0. The molecule has 0 saturated carbocycles. The molecule has 1 aliphatic rings. The Morgan fingerprint density at radius 3 is 2.48 bits per heavy atom. The molecule has 3 unspecified atom stereocenters. The lowest BCUT2D eigenvalue weighted by Crippen LogP contribution is -2.46. The molecule has 0 N–H and O–H groups in total. The third-order valence-electron chi connectivity index (χ3n) is 4.49. The number of hydrogen-bond acceptors (Lipinski definition) is 3. The van der Waals surface area contributed by atoms with Gasteiger partial charge in [-0.1, -0.05) is 43.7 Å². The third-order valence-corrected chi connectivity index (χ3v) is 4.49. The van der Waals surface area contributed by atoms with E-state index >= 15 is 0 Å². The summed E-state index contributed by atoms with van der Waals surface area (Å²) in [5, 5.41) is 0. The Kier molecular flexibility index (Phi) is 5.80. The number of carbonyl (C=O) groups excluding carboxylic acids is 1. The normalized spacial score (nSPS) is 24.5. The lowest BCUT2D eigenvalue weighted by atomic mass is 9.96.